The monoisotopic (exact) mass is 241 g/mol. The first kappa shape index (κ1) is 12.8. The minimum absolute atomic E-state index is 0.386. The Morgan fingerprint density at radius 2 is 1.44 bits per heavy atom. The molecule has 2 aromatic rings. The van der Waals surface area contributed by atoms with Gasteiger partial charge in [-0.3, -0.25) is 0 Å². The van der Waals surface area contributed by atoms with Crippen LogP contribution in [0.3, 0.4) is 0 Å². The summed E-state index contributed by atoms with van der Waals surface area (Å²) in [6, 6.07) is 17.0. The average Bonchev–Trinajstić information content (AvgIpc) is 2.39. The van der Waals surface area contributed by atoms with Crippen molar-refractivity contribution in [3.8, 4) is 0 Å². The first-order valence-corrected chi connectivity index (χ1v) is 6.16. The van der Waals surface area contributed by atoms with Crippen LogP contribution >= 0.6 is 0 Å². The lowest BCUT2D eigenvalue weighted by atomic mass is 9.81. The molecule has 0 aliphatic carbocycles. The normalized spacial score (nSPS) is 16.0. The summed E-state index contributed by atoms with van der Waals surface area (Å²) in [5.41, 5.74) is 7.70. The molecule has 0 fully saturated rings. The molecule has 0 aliphatic rings. The summed E-state index contributed by atoms with van der Waals surface area (Å²) in [5, 5.41) is 11.0. The van der Waals surface area contributed by atoms with Crippen molar-refractivity contribution in [2.75, 3.05) is 0 Å². The molecule has 2 nitrogen and oxygen atoms in total. The fourth-order valence-electron chi connectivity index (χ4n) is 2.19. The fourth-order valence-corrected chi connectivity index (χ4v) is 2.19. The lowest BCUT2D eigenvalue weighted by Gasteiger charge is -2.33. The van der Waals surface area contributed by atoms with Crippen LogP contribution in [-0.2, 0) is 5.60 Å². The molecule has 0 saturated carbocycles. The lowest BCUT2D eigenvalue weighted by molar-refractivity contribution is 0.0579. The van der Waals surface area contributed by atoms with Gasteiger partial charge < -0.3 is 10.8 Å². The van der Waals surface area contributed by atoms with E-state index in [1.165, 1.54) is 5.56 Å². The van der Waals surface area contributed by atoms with E-state index in [0.717, 1.165) is 11.1 Å². The van der Waals surface area contributed by atoms with E-state index >= 15 is 0 Å². The van der Waals surface area contributed by atoms with Crippen molar-refractivity contribution in [1.82, 2.24) is 0 Å². The van der Waals surface area contributed by atoms with E-state index in [1.54, 1.807) is 0 Å². The molecule has 0 aromatic heterocycles. The quantitative estimate of drug-likeness (QED) is 0.867. The molecule has 0 spiro atoms. The van der Waals surface area contributed by atoms with Crippen LogP contribution in [0.15, 0.2) is 54.6 Å². The van der Waals surface area contributed by atoms with Crippen molar-refractivity contribution >= 4 is 0 Å². The Labute approximate surface area is 108 Å². The van der Waals surface area contributed by atoms with Gasteiger partial charge in [-0.25, -0.2) is 0 Å². The molecule has 2 aromatic carbocycles. The molecule has 0 amide bonds. The Morgan fingerprint density at radius 3 is 1.94 bits per heavy atom. The maximum atomic E-state index is 11.0. The van der Waals surface area contributed by atoms with Crippen LogP contribution in [0.1, 0.15) is 23.6 Å². The summed E-state index contributed by atoms with van der Waals surface area (Å²) in [6.45, 7) is 3.85. The van der Waals surface area contributed by atoms with Crippen LogP contribution in [0.25, 0.3) is 0 Å². The zero-order valence-electron chi connectivity index (χ0n) is 10.8. The van der Waals surface area contributed by atoms with Crippen molar-refractivity contribution < 1.29 is 5.11 Å². The van der Waals surface area contributed by atoms with Crippen LogP contribution in [0, 0.1) is 6.92 Å². The van der Waals surface area contributed by atoms with Gasteiger partial charge in [0.1, 0.15) is 5.60 Å². The van der Waals surface area contributed by atoms with E-state index in [2.05, 4.69) is 0 Å². The Kier molecular flexibility index (Phi) is 3.50. The summed E-state index contributed by atoms with van der Waals surface area (Å²) < 4.78 is 0. The molecule has 0 aliphatic heterocycles. The van der Waals surface area contributed by atoms with Gasteiger partial charge in [0.05, 0.1) is 0 Å². The van der Waals surface area contributed by atoms with Crippen molar-refractivity contribution in [3.05, 3.63) is 71.3 Å². The first-order chi connectivity index (χ1) is 8.55. The van der Waals surface area contributed by atoms with Crippen molar-refractivity contribution in [1.29, 1.82) is 0 Å². The van der Waals surface area contributed by atoms with Crippen LogP contribution in [0.5, 0.6) is 0 Å². The molecule has 0 heterocycles. The molecule has 2 rings (SSSR count). The first-order valence-electron chi connectivity index (χ1n) is 6.16. The second kappa shape index (κ2) is 4.92. The standard InChI is InChI=1S/C16H19NO/c1-12-8-10-15(11-9-12)16(18,13(2)17)14-6-4-3-5-7-14/h3-11,13,18H,17H2,1-2H3. The fraction of sp³-hybridized carbons (Fsp3) is 0.250. The SMILES string of the molecule is Cc1ccc(C(O)(c2ccccc2)C(C)N)cc1. The van der Waals surface area contributed by atoms with Gasteiger partial charge in [0.25, 0.3) is 0 Å². The van der Waals surface area contributed by atoms with Crippen LogP contribution < -0.4 is 5.73 Å². The third-order valence-corrected chi connectivity index (χ3v) is 3.36. The molecule has 2 atom stereocenters. The van der Waals surface area contributed by atoms with E-state index in [0.29, 0.717) is 0 Å². The highest BCUT2D eigenvalue weighted by Crippen LogP contribution is 2.32. The van der Waals surface area contributed by atoms with Crippen LogP contribution in [0.2, 0.25) is 0 Å². The molecule has 0 radical (unpaired) electrons. The van der Waals surface area contributed by atoms with Crippen LogP contribution in [-0.4, -0.2) is 11.1 Å². The molecular weight excluding hydrogens is 222 g/mol. The highest BCUT2D eigenvalue weighted by Gasteiger charge is 2.35. The van der Waals surface area contributed by atoms with Gasteiger partial charge in [0.15, 0.2) is 0 Å². The molecular formula is C16H19NO. The molecule has 0 bridgehead atoms. The number of aliphatic hydroxyl groups is 1. The molecule has 3 N–H and O–H groups in total. The van der Waals surface area contributed by atoms with E-state index in [9.17, 15) is 5.11 Å². The maximum absolute atomic E-state index is 11.0. The Hall–Kier alpha value is -1.64. The number of rotatable bonds is 3. The van der Waals surface area contributed by atoms with E-state index in [4.69, 9.17) is 5.73 Å². The Balaban J connectivity index is 2.54. The Bertz CT molecular complexity index is 504. The summed E-state index contributed by atoms with van der Waals surface area (Å²) in [6.07, 6.45) is 0. The zero-order valence-corrected chi connectivity index (χ0v) is 10.8. The lowest BCUT2D eigenvalue weighted by Crippen LogP contribution is -2.44. The predicted octanol–water partition coefficient (Wildman–Crippen LogP) is 2.58. The van der Waals surface area contributed by atoms with Gasteiger partial charge in [0.2, 0.25) is 0 Å². The van der Waals surface area contributed by atoms with Crippen molar-refractivity contribution in [2.24, 2.45) is 5.73 Å². The largest absolute Gasteiger partial charge is 0.379 e. The van der Waals surface area contributed by atoms with Gasteiger partial charge in [-0.1, -0.05) is 60.2 Å². The topological polar surface area (TPSA) is 46.2 Å². The molecule has 0 saturated heterocycles. The van der Waals surface area contributed by atoms with Gasteiger partial charge in [0, 0.05) is 6.04 Å². The Morgan fingerprint density at radius 1 is 0.944 bits per heavy atom. The van der Waals surface area contributed by atoms with E-state index in [1.807, 2.05) is 68.4 Å². The summed E-state index contributed by atoms with van der Waals surface area (Å²) in [4.78, 5) is 0. The van der Waals surface area contributed by atoms with E-state index in [-0.39, 0.29) is 6.04 Å². The number of hydrogen-bond acceptors (Lipinski definition) is 2. The second-order valence-corrected chi connectivity index (χ2v) is 4.79. The number of nitrogens with two attached hydrogens (primary N) is 1. The minimum atomic E-state index is -1.14. The summed E-state index contributed by atoms with van der Waals surface area (Å²) in [5.74, 6) is 0. The average molecular weight is 241 g/mol. The molecule has 18 heavy (non-hydrogen) atoms. The summed E-state index contributed by atoms with van der Waals surface area (Å²) in [7, 11) is 0. The third kappa shape index (κ3) is 2.17. The highest BCUT2D eigenvalue weighted by molar-refractivity contribution is 5.38. The van der Waals surface area contributed by atoms with Gasteiger partial charge >= 0.3 is 0 Å². The molecule has 2 unspecified atom stereocenters. The second-order valence-electron chi connectivity index (χ2n) is 4.79. The van der Waals surface area contributed by atoms with E-state index < -0.39 is 5.60 Å². The maximum Gasteiger partial charge on any atom is 0.129 e. The highest BCUT2D eigenvalue weighted by atomic mass is 16.3. The van der Waals surface area contributed by atoms with Gasteiger partial charge in [-0.2, -0.15) is 0 Å². The van der Waals surface area contributed by atoms with Gasteiger partial charge in [-0.15, -0.1) is 0 Å². The number of benzene rings is 2. The predicted molar refractivity (Wildman–Crippen MR) is 74.3 cm³/mol. The minimum Gasteiger partial charge on any atom is -0.379 e. The summed E-state index contributed by atoms with van der Waals surface area (Å²) >= 11 is 0. The van der Waals surface area contributed by atoms with Crippen molar-refractivity contribution in [3.63, 3.8) is 0 Å². The smallest absolute Gasteiger partial charge is 0.129 e. The third-order valence-electron chi connectivity index (χ3n) is 3.36. The molecule has 94 valence electrons. The molecule has 2 heteroatoms. The van der Waals surface area contributed by atoms with Crippen LogP contribution in [0.4, 0.5) is 0 Å². The zero-order chi connectivity index (χ0) is 13.2. The number of aryl methyl sites for hydroxylation is 1. The van der Waals surface area contributed by atoms with Crippen molar-refractivity contribution in [2.45, 2.75) is 25.5 Å². The van der Waals surface area contributed by atoms with Gasteiger partial charge in [-0.05, 0) is 25.0 Å². The number of hydrogen-bond donors (Lipinski definition) is 2.